The molecule has 13 heterocycles. The second-order valence-corrected chi connectivity index (χ2v) is 44.3. The van der Waals surface area contributed by atoms with E-state index in [4.69, 9.17) is 102 Å². The third-order valence-corrected chi connectivity index (χ3v) is 29.9. The van der Waals surface area contributed by atoms with Crippen LogP contribution in [0.25, 0.3) is 123 Å². The Morgan fingerprint density at radius 2 is 0.786 bits per heavy atom. The molecule has 0 saturated carbocycles. The van der Waals surface area contributed by atoms with Crippen LogP contribution in [0.2, 0.25) is 0 Å². The van der Waals surface area contributed by atoms with Crippen LogP contribution in [-0.4, -0.2) is 196 Å². The first-order chi connectivity index (χ1) is 66.8. The first kappa shape index (κ1) is 107. The van der Waals surface area contributed by atoms with Crippen LogP contribution in [0.5, 0.6) is 34.5 Å². The SMILES string of the molecule is COc1ccc(CCl)cc1.Cc1c(Br)cncc1Br.Cc1c(O)cncc1-c1ccc2[nH]nc(-c3nc4ccccc4[nH]3)c2c1.Cc1c(O)cncc1Br.[B]P(C)Oc1cncc(-c2ccc3c(c2)c(-c2nc4ccccc4[nH]2)nn3P([B])C)c1C.[B]P(C)Oc1cncc(Br)c1C.[B]P(C)Oc1cncc(Br)c1C.[B]P(C)n1nc(-c2nc3ccccc3[nH]2)c2cc(B3OC(C)(C)C(C)(C)O3)ccc21. The zero-order valence-corrected chi connectivity index (χ0v) is 92.3. The van der Waals surface area contributed by atoms with Crippen LogP contribution < -0.4 is 23.8 Å². The highest BCUT2D eigenvalue weighted by Gasteiger charge is 2.52. The number of benzene rings is 7. The van der Waals surface area contributed by atoms with Gasteiger partial charge in [0.05, 0.1) is 98.9 Å². The topological polar surface area (TPSA) is 324 Å². The zero-order chi connectivity index (χ0) is 101. The molecule has 20 rings (SSSR count). The first-order valence-corrected chi connectivity index (χ1v) is 56.5. The fraction of sp³-hybridized carbons (Fsp3) is 0.196. The van der Waals surface area contributed by atoms with Crippen molar-refractivity contribution < 1.29 is 37.8 Å². The smallest absolute Gasteiger partial charge is 0.494 e. The van der Waals surface area contributed by atoms with Gasteiger partial charge in [0.15, 0.2) is 40.2 Å². The van der Waals surface area contributed by atoms with Crippen LogP contribution in [0.4, 0.5) is 0 Å². The molecule has 43 heteroatoms. The molecule has 1 aliphatic heterocycles. The molecule has 1 saturated heterocycles. The van der Waals surface area contributed by atoms with Gasteiger partial charge in [0.1, 0.15) is 66.7 Å². The Bertz CT molecular complexity index is 7280. The molecule has 0 bridgehead atoms. The minimum absolute atomic E-state index is 0.187. The van der Waals surface area contributed by atoms with Crippen molar-refractivity contribution in [2.45, 2.75) is 86.3 Å². The number of ether oxygens (including phenoxy) is 1. The largest absolute Gasteiger partial charge is 0.506 e. The number of aromatic hydroxyl groups is 2. The van der Waals surface area contributed by atoms with Crippen molar-refractivity contribution in [1.82, 2.24) is 89.1 Å². The molecule has 12 aromatic heterocycles. The third kappa shape index (κ3) is 26.4. The number of nitrogens with zero attached hydrogens (tertiary/aromatic N) is 14. The Morgan fingerprint density at radius 1 is 0.414 bits per heavy atom. The molecule has 6 N–H and O–H groups in total. The van der Waals surface area contributed by atoms with Gasteiger partial charge < -0.3 is 52.8 Å². The second kappa shape index (κ2) is 48.5. The Labute approximate surface area is 872 Å². The van der Waals surface area contributed by atoms with Crippen molar-refractivity contribution in [3.05, 3.63) is 287 Å². The summed E-state index contributed by atoms with van der Waals surface area (Å²) >= 11 is 22.2. The minimum atomic E-state index is -1.03. The van der Waals surface area contributed by atoms with E-state index in [1.807, 2.05) is 217 Å². The standard InChI is InChI=1S/C22H19B2N5OP2.C21H23B2N4O2P.C20H15N5O.C8H9ClO.2C7H8BBrNOP.C6H5Br2N.C6H6BrNO/c1-13-16(11-25-12-20(13)30-32(3)24)14-8-9-19-15(10-14)21(28-29(19)31(2)23)22-26-17-6-4-5-7-18(17)27-22;1-20(2)21(3,4)29-23(28-20)13-10-11-17-14(12-13)18(26-27(17)30(5)22)19-24-15-8-6-7-9-16(15)25-19;1-11-14(9-21-10-18(11)26)12-6-7-15-13(8-12)19(25-24-15)20-22-16-4-2-3-5-17(16)23-20;1-10-8-4-2-7(6-9)3-5-8;2*1-5-6(9)3-10-4-7(5)11-12(2)8;1-4-5(7)2-9-3-6(4)8;1-4-5(7)2-8-3-6(4)9/h4-12H,1-3H3,(H,26,27);6-12H,1-5H3,(H,24,25);2-10,26H,1H3,(H,22,23)(H,24,25);2-5H,6H2,1H3;2*3-4H,1-2H3;2-3H,1H3;2-3,9H,1H3. The van der Waals surface area contributed by atoms with Gasteiger partial charge in [-0.2, -0.15) is 15.3 Å². The van der Waals surface area contributed by atoms with Gasteiger partial charge in [-0.3, -0.25) is 43.9 Å². The van der Waals surface area contributed by atoms with Crippen molar-refractivity contribution >= 4 is 247 Å². The monoisotopic (exact) mass is 2290 g/mol. The van der Waals surface area contributed by atoms with Crippen molar-refractivity contribution in [3.8, 4) is 91.3 Å². The number of fused-ring (bicyclic) bond motifs is 6. The number of alkyl halides is 1. The van der Waals surface area contributed by atoms with Gasteiger partial charge in [0.25, 0.3) is 0 Å². The van der Waals surface area contributed by atoms with E-state index in [0.29, 0.717) is 11.6 Å². The fourth-order valence-corrected chi connectivity index (χ4v) is 18.9. The van der Waals surface area contributed by atoms with E-state index in [1.165, 1.54) is 18.0 Å². The van der Waals surface area contributed by atoms with Gasteiger partial charge in [-0.1, -0.05) is 72.8 Å². The van der Waals surface area contributed by atoms with Gasteiger partial charge in [-0.05, 0) is 305 Å². The van der Waals surface area contributed by atoms with Gasteiger partial charge in [0.2, 0.25) is 0 Å². The maximum Gasteiger partial charge on any atom is 0.494 e. The summed E-state index contributed by atoms with van der Waals surface area (Å²) in [7, 11) is 26.1. The number of aromatic amines is 4. The molecule has 0 spiro atoms. The minimum Gasteiger partial charge on any atom is -0.506 e. The molecule has 0 aliphatic carbocycles. The van der Waals surface area contributed by atoms with Crippen LogP contribution in [-0.2, 0) is 15.2 Å². The molecule has 26 nitrogen and oxygen atoms in total. The molecule has 5 atom stereocenters. The summed E-state index contributed by atoms with van der Waals surface area (Å²) in [4.78, 5) is 48.4. The van der Waals surface area contributed by atoms with Gasteiger partial charge in [-0.25, -0.2) is 15.0 Å². The van der Waals surface area contributed by atoms with E-state index in [-0.39, 0.29) is 11.5 Å². The molecule has 704 valence electrons. The third-order valence-electron chi connectivity index (χ3n) is 22.3. The number of rotatable bonds is 16. The summed E-state index contributed by atoms with van der Waals surface area (Å²) in [6, 6.07) is 49.9. The second-order valence-electron chi connectivity index (χ2n) is 32.9. The van der Waals surface area contributed by atoms with Gasteiger partial charge in [0, 0.05) is 151 Å². The van der Waals surface area contributed by atoms with E-state index < -0.39 is 58.3 Å². The van der Waals surface area contributed by atoms with Crippen LogP contribution in [0.15, 0.2) is 248 Å². The Hall–Kier alpha value is -9.79. The number of para-hydroxylation sites is 6. The molecule has 7 aromatic carbocycles. The molecule has 1 aliphatic rings. The lowest BCUT2D eigenvalue weighted by molar-refractivity contribution is 0.00578. The predicted molar refractivity (Wildman–Crippen MR) is 598 cm³/mol. The fourth-order valence-electron chi connectivity index (χ4n) is 13.9. The van der Waals surface area contributed by atoms with Crippen LogP contribution in [0, 0.1) is 41.5 Å². The van der Waals surface area contributed by atoms with E-state index in [2.05, 4.69) is 192 Å². The van der Waals surface area contributed by atoms with Crippen molar-refractivity contribution in [3.63, 3.8) is 0 Å². The molecular formula is C97H93B6Br5ClN18O8P5. The normalized spacial score (nSPS) is 13.3. The first-order valence-electron chi connectivity index (χ1n) is 43.0. The van der Waals surface area contributed by atoms with Crippen LogP contribution in [0.1, 0.15) is 66.6 Å². The lowest BCUT2D eigenvalue weighted by Gasteiger charge is -2.32. The lowest BCUT2D eigenvalue weighted by atomic mass is 9.78. The summed E-state index contributed by atoms with van der Waals surface area (Å²) in [5, 5.41) is 39.0. The summed E-state index contributed by atoms with van der Waals surface area (Å²) in [5.74, 6) is 6.21. The van der Waals surface area contributed by atoms with Crippen LogP contribution in [0.3, 0.4) is 0 Å². The average molecular weight is 2290 g/mol. The van der Waals surface area contributed by atoms with Crippen molar-refractivity contribution in [2.75, 3.05) is 40.4 Å². The summed E-state index contributed by atoms with van der Waals surface area (Å²) in [6.07, 6.45) is 20.2. The summed E-state index contributed by atoms with van der Waals surface area (Å²) < 4.78 is 42.6. The molecule has 19 aromatic rings. The summed E-state index contributed by atoms with van der Waals surface area (Å²) in [6.45, 7) is 29.4. The predicted octanol–water partition coefficient (Wildman–Crippen LogP) is 25.9. The highest BCUT2D eigenvalue weighted by atomic mass is 79.9. The molecule has 0 amide bonds. The van der Waals surface area contributed by atoms with Gasteiger partial charge >= 0.3 is 7.12 Å². The number of halogens is 6. The molecule has 1 fully saturated rings. The number of imidazole rings is 3. The molecule has 5 unspecified atom stereocenters. The number of pyridine rings is 6. The Kier molecular flexibility index (Phi) is 37.3. The number of H-pyrrole nitrogens is 4. The van der Waals surface area contributed by atoms with Crippen molar-refractivity contribution in [1.29, 1.82) is 0 Å². The van der Waals surface area contributed by atoms with Crippen LogP contribution >= 0.6 is 131 Å². The quantitative estimate of drug-likeness (QED) is 0.0297. The summed E-state index contributed by atoms with van der Waals surface area (Å²) in [5.41, 5.74) is 21.8. The van der Waals surface area contributed by atoms with Gasteiger partial charge in [-0.15, -0.1) is 11.6 Å². The number of methoxy groups -OCH3 is 1. The highest BCUT2D eigenvalue weighted by molar-refractivity contribution is 9.11. The lowest BCUT2D eigenvalue weighted by Crippen LogP contribution is -2.41. The van der Waals surface area contributed by atoms with E-state index in [0.717, 1.165) is 201 Å². The Balaban J connectivity index is 0.000000142. The van der Waals surface area contributed by atoms with E-state index in [9.17, 15) is 5.11 Å². The molecule has 140 heavy (non-hydrogen) atoms. The van der Waals surface area contributed by atoms with E-state index in [1.54, 1.807) is 62.9 Å². The molecular weight excluding hydrogens is 2200 g/mol. The molecule has 10 radical (unpaired) electrons. The maximum absolute atomic E-state index is 9.95. The van der Waals surface area contributed by atoms with Crippen molar-refractivity contribution in [2.24, 2.45) is 0 Å². The number of hydrogen-bond donors (Lipinski definition) is 6. The number of nitrogens with one attached hydrogen (secondary N) is 4. The average Bonchev–Trinajstić information content (AvgIpc) is 1.61. The number of hydrogen-bond acceptors (Lipinski definition) is 20. The maximum atomic E-state index is 9.95. The number of aromatic nitrogens is 18. The van der Waals surface area contributed by atoms with E-state index >= 15 is 0 Å². The zero-order valence-electron chi connectivity index (χ0n) is 79.1. The highest BCUT2D eigenvalue weighted by Crippen LogP contribution is 2.45. The Morgan fingerprint density at radius 3 is 1.21 bits per heavy atom.